The Hall–Kier alpha value is -2.15. The molecule has 0 fully saturated rings. The van der Waals surface area contributed by atoms with Gasteiger partial charge in [0, 0.05) is 10.6 Å². The van der Waals surface area contributed by atoms with Gasteiger partial charge in [0.05, 0.1) is 0 Å². The highest BCUT2D eigenvalue weighted by Crippen LogP contribution is 2.28. The van der Waals surface area contributed by atoms with Crippen LogP contribution in [0.4, 0.5) is 18.9 Å². The minimum atomic E-state index is -2.53. The summed E-state index contributed by atoms with van der Waals surface area (Å²) in [4.78, 5) is 12.0. The summed E-state index contributed by atoms with van der Waals surface area (Å²) in [5.74, 6) is -3.61. The lowest BCUT2D eigenvalue weighted by Crippen LogP contribution is -2.27. The maximum absolute atomic E-state index is 12.9. The van der Waals surface area contributed by atoms with Gasteiger partial charge in [-0.05, 0) is 35.9 Å². The maximum atomic E-state index is 12.9. The van der Waals surface area contributed by atoms with Crippen molar-refractivity contribution < 1.29 is 18.0 Å². The normalized spacial score (nSPS) is 12.2. The summed E-state index contributed by atoms with van der Waals surface area (Å²) < 4.78 is 37.7. The highest BCUT2D eigenvalue weighted by molar-refractivity contribution is 7.99. The Morgan fingerprint density at radius 1 is 1.14 bits per heavy atom. The number of carbonyl (C=O) groups excluding carboxylic acids is 1. The molecule has 3 N–H and O–H groups in total. The Labute approximate surface area is 129 Å². The van der Waals surface area contributed by atoms with Crippen LogP contribution in [0.5, 0.6) is 0 Å². The Morgan fingerprint density at radius 2 is 1.82 bits per heavy atom. The van der Waals surface area contributed by atoms with Gasteiger partial charge < -0.3 is 11.1 Å². The molecule has 0 aliphatic carbocycles. The fourth-order valence-corrected chi connectivity index (χ4v) is 2.46. The van der Waals surface area contributed by atoms with Crippen LogP contribution in [0.1, 0.15) is 11.6 Å². The third kappa shape index (κ3) is 4.42. The predicted molar refractivity (Wildman–Crippen MR) is 80.3 cm³/mol. The van der Waals surface area contributed by atoms with Gasteiger partial charge in [-0.25, -0.2) is 4.39 Å². The molecule has 2 rings (SSSR count). The van der Waals surface area contributed by atoms with Crippen molar-refractivity contribution in [1.29, 1.82) is 0 Å². The van der Waals surface area contributed by atoms with Crippen molar-refractivity contribution in [3.63, 3.8) is 0 Å². The van der Waals surface area contributed by atoms with Gasteiger partial charge in [-0.3, -0.25) is 4.79 Å². The van der Waals surface area contributed by atoms with Crippen LogP contribution in [0.25, 0.3) is 0 Å². The smallest absolute Gasteiger partial charge is 0.288 e. The zero-order valence-electron chi connectivity index (χ0n) is 11.3. The van der Waals surface area contributed by atoms with Crippen molar-refractivity contribution in [2.45, 2.75) is 16.7 Å². The van der Waals surface area contributed by atoms with E-state index in [0.717, 1.165) is 0 Å². The second-order valence-electron chi connectivity index (χ2n) is 4.44. The van der Waals surface area contributed by atoms with Gasteiger partial charge in [-0.15, -0.1) is 0 Å². The van der Waals surface area contributed by atoms with Crippen molar-refractivity contribution in [3.05, 3.63) is 59.9 Å². The lowest BCUT2D eigenvalue weighted by molar-refractivity contribution is -0.118. The molecule has 116 valence electrons. The molecule has 22 heavy (non-hydrogen) atoms. The van der Waals surface area contributed by atoms with Crippen LogP contribution in [0.3, 0.4) is 0 Å². The zero-order chi connectivity index (χ0) is 16.1. The molecule has 2 aromatic carbocycles. The topological polar surface area (TPSA) is 55.1 Å². The highest BCUT2D eigenvalue weighted by Gasteiger charge is 2.18. The van der Waals surface area contributed by atoms with Crippen LogP contribution in [0.15, 0.2) is 53.4 Å². The molecule has 2 aromatic rings. The standard InChI is InChI=1S/C15H13F3N2OS/c16-10-6-4-9(5-7-10)13(14(19)21)20-11-2-1-3-12(8-11)22-15(17)18/h1-8,13,15,20H,(H2,19,21). The summed E-state index contributed by atoms with van der Waals surface area (Å²) in [5, 5.41) is 2.87. The summed E-state index contributed by atoms with van der Waals surface area (Å²) in [6, 6.07) is 10.7. The summed E-state index contributed by atoms with van der Waals surface area (Å²) in [5.41, 5.74) is 6.31. The summed E-state index contributed by atoms with van der Waals surface area (Å²) >= 11 is 0.407. The number of nitrogens with one attached hydrogen (secondary N) is 1. The van der Waals surface area contributed by atoms with Crippen LogP contribution >= 0.6 is 11.8 Å². The molecule has 7 heteroatoms. The second-order valence-corrected chi connectivity index (χ2v) is 5.50. The van der Waals surface area contributed by atoms with Gasteiger partial charge >= 0.3 is 0 Å². The minimum absolute atomic E-state index is 0.363. The molecule has 0 aromatic heterocycles. The number of benzene rings is 2. The molecule has 0 spiro atoms. The van der Waals surface area contributed by atoms with Crippen molar-refractivity contribution >= 4 is 23.4 Å². The monoisotopic (exact) mass is 326 g/mol. The number of anilines is 1. The molecule has 1 unspecified atom stereocenters. The Bertz CT molecular complexity index is 649. The average Bonchev–Trinajstić information content (AvgIpc) is 2.45. The van der Waals surface area contributed by atoms with Crippen LogP contribution in [0.2, 0.25) is 0 Å². The molecule has 0 radical (unpaired) electrons. The number of hydrogen-bond acceptors (Lipinski definition) is 3. The molecule has 0 saturated heterocycles. The molecule has 1 atom stereocenters. The Kier molecular flexibility index (Phi) is 5.32. The number of nitrogens with two attached hydrogens (primary N) is 1. The fraction of sp³-hybridized carbons (Fsp3) is 0.133. The first-order valence-electron chi connectivity index (χ1n) is 6.32. The molecule has 0 heterocycles. The van der Waals surface area contributed by atoms with Crippen LogP contribution in [-0.2, 0) is 4.79 Å². The van der Waals surface area contributed by atoms with Gasteiger partial charge in [0.25, 0.3) is 5.76 Å². The van der Waals surface area contributed by atoms with E-state index in [-0.39, 0.29) is 0 Å². The van der Waals surface area contributed by atoms with E-state index in [1.54, 1.807) is 18.2 Å². The molecule has 0 aliphatic heterocycles. The van der Waals surface area contributed by atoms with Crippen molar-refractivity contribution in [1.82, 2.24) is 0 Å². The van der Waals surface area contributed by atoms with E-state index in [1.807, 2.05) is 0 Å². The molecule has 0 saturated carbocycles. The van der Waals surface area contributed by atoms with E-state index >= 15 is 0 Å². The molecule has 0 bridgehead atoms. The quantitative estimate of drug-likeness (QED) is 0.794. The number of hydrogen-bond donors (Lipinski definition) is 2. The number of carbonyl (C=O) groups is 1. The number of halogens is 3. The predicted octanol–water partition coefficient (Wildman–Crippen LogP) is 3.78. The second kappa shape index (κ2) is 7.22. The summed E-state index contributed by atoms with van der Waals surface area (Å²) in [6.45, 7) is 0. The molecule has 1 amide bonds. The Balaban J connectivity index is 2.21. The SMILES string of the molecule is NC(=O)C(Nc1cccc(SC(F)F)c1)c1ccc(F)cc1. The van der Waals surface area contributed by atoms with E-state index < -0.39 is 23.5 Å². The van der Waals surface area contributed by atoms with Crippen LogP contribution in [0, 0.1) is 5.82 Å². The van der Waals surface area contributed by atoms with Crippen LogP contribution < -0.4 is 11.1 Å². The summed E-state index contributed by atoms with van der Waals surface area (Å²) in [6.07, 6.45) is 0. The van der Waals surface area contributed by atoms with Gasteiger partial charge in [0.2, 0.25) is 5.91 Å². The van der Waals surface area contributed by atoms with Crippen molar-refractivity contribution in [2.24, 2.45) is 5.73 Å². The first-order valence-corrected chi connectivity index (χ1v) is 7.20. The third-order valence-corrected chi connectivity index (χ3v) is 3.56. The van der Waals surface area contributed by atoms with Gasteiger partial charge in [0.15, 0.2) is 0 Å². The molecule has 3 nitrogen and oxygen atoms in total. The number of amides is 1. The fourth-order valence-electron chi connectivity index (χ4n) is 1.90. The number of thioether (sulfide) groups is 1. The number of rotatable bonds is 6. The highest BCUT2D eigenvalue weighted by atomic mass is 32.2. The molecule has 0 aliphatic rings. The van der Waals surface area contributed by atoms with Crippen molar-refractivity contribution in [3.8, 4) is 0 Å². The lowest BCUT2D eigenvalue weighted by atomic mass is 10.1. The zero-order valence-corrected chi connectivity index (χ0v) is 12.1. The van der Waals surface area contributed by atoms with E-state index in [2.05, 4.69) is 5.32 Å². The van der Waals surface area contributed by atoms with E-state index in [1.165, 1.54) is 30.3 Å². The minimum Gasteiger partial charge on any atom is -0.370 e. The Morgan fingerprint density at radius 3 is 2.41 bits per heavy atom. The van der Waals surface area contributed by atoms with Gasteiger partial charge in [-0.2, -0.15) is 8.78 Å². The van der Waals surface area contributed by atoms with Crippen molar-refractivity contribution in [2.75, 3.05) is 5.32 Å². The first kappa shape index (κ1) is 16.2. The van der Waals surface area contributed by atoms with Gasteiger partial charge in [-0.1, -0.05) is 30.0 Å². The summed E-state index contributed by atoms with van der Waals surface area (Å²) in [7, 11) is 0. The van der Waals surface area contributed by atoms with E-state index in [4.69, 9.17) is 5.73 Å². The van der Waals surface area contributed by atoms with Crippen LogP contribution in [-0.4, -0.2) is 11.7 Å². The number of alkyl halides is 2. The van der Waals surface area contributed by atoms with E-state index in [0.29, 0.717) is 27.9 Å². The first-order chi connectivity index (χ1) is 10.5. The largest absolute Gasteiger partial charge is 0.370 e. The molecular weight excluding hydrogens is 313 g/mol. The van der Waals surface area contributed by atoms with E-state index in [9.17, 15) is 18.0 Å². The van der Waals surface area contributed by atoms with Gasteiger partial charge in [0.1, 0.15) is 11.9 Å². The molecular formula is C15H13F3N2OS. The lowest BCUT2D eigenvalue weighted by Gasteiger charge is -2.17. The average molecular weight is 326 g/mol. The maximum Gasteiger partial charge on any atom is 0.288 e. The third-order valence-electron chi connectivity index (χ3n) is 2.86. The number of primary amides is 1.